The van der Waals surface area contributed by atoms with Gasteiger partial charge in [-0.25, -0.2) is 0 Å². The highest BCUT2D eigenvalue weighted by Crippen LogP contribution is 2.63. The molecule has 9 rings (SSSR count). The Labute approximate surface area is 381 Å². The monoisotopic (exact) mass is 871 g/mol. The predicted octanol–water partition coefficient (Wildman–Crippen LogP) is 12.9. The second kappa shape index (κ2) is 20.5. The van der Waals surface area contributed by atoms with Gasteiger partial charge in [0, 0.05) is 36.0 Å². The second-order valence-electron chi connectivity index (χ2n) is 17.1. The number of aliphatic hydroxyl groups excluding tert-OH is 2. The molecule has 64 heavy (non-hydrogen) atoms. The van der Waals surface area contributed by atoms with Crippen molar-refractivity contribution in [3.63, 3.8) is 0 Å². The number of ether oxygens (including phenoxy) is 3. The van der Waals surface area contributed by atoms with E-state index >= 15 is 0 Å². The summed E-state index contributed by atoms with van der Waals surface area (Å²) >= 11 is 1.77. The summed E-state index contributed by atoms with van der Waals surface area (Å²) in [5.41, 5.74) is 6.41. The maximum absolute atomic E-state index is 10.1. The largest absolute Gasteiger partial charge is 0.460 e. The minimum absolute atomic E-state index is 0.0604. The molecule has 0 saturated heterocycles. The summed E-state index contributed by atoms with van der Waals surface area (Å²) in [4.78, 5) is 7.41. The first-order chi connectivity index (χ1) is 31.6. The smallest absolute Gasteiger partial charge is 0.231 e. The van der Waals surface area contributed by atoms with Gasteiger partial charge in [0.2, 0.25) is 5.79 Å². The molecule has 6 aromatic carbocycles. The number of hydrogen-bond acceptors (Lipinski definition) is 8. The minimum atomic E-state index is -1.10. The topological polar surface area (TPSA) is 89.7 Å². The summed E-state index contributed by atoms with van der Waals surface area (Å²) < 4.78 is 21.3. The first-order valence-corrected chi connectivity index (χ1v) is 23.7. The lowest BCUT2D eigenvalue weighted by Crippen LogP contribution is -2.64. The van der Waals surface area contributed by atoms with E-state index in [0.29, 0.717) is 19.6 Å². The van der Waals surface area contributed by atoms with Gasteiger partial charge in [-0.3, -0.25) is 0 Å². The number of allylic oxidation sites excluding steroid dienone is 1. The summed E-state index contributed by atoms with van der Waals surface area (Å²) in [6.45, 7) is 5.05. The first kappa shape index (κ1) is 43.6. The van der Waals surface area contributed by atoms with Crippen LogP contribution in [0.15, 0.2) is 180 Å². The summed E-state index contributed by atoms with van der Waals surface area (Å²) in [6, 6.07) is 50.1. The molecule has 1 fully saturated rings. The molecule has 0 amide bonds. The van der Waals surface area contributed by atoms with Crippen LogP contribution in [0.25, 0.3) is 21.9 Å². The van der Waals surface area contributed by atoms with Gasteiger partial charge < -0.3 is 29.3 Å². The van der Waals surface area contributed by atoms with E-state index in [4.69, 9.17) is 24.2 Å². The van der Waals surface area contributed by atoms with Crippen molar-refractivity contribution >= 4 is 28.2 Å². The second-order valence-corrected chi connectivity index (χ2v) is 18.4. The van der Waals surface area contributed by atoms with Gasteiger partial charge >= 0.3 is 0 Å². The van der Waals surface area contributed by atoms with Crippen LogP contribution in [0.1, 0.15) is 62.0 Å². The zero-order valence-electron chi connectivity index (χ0n) is 36.3. The van der Waals surface area contributed by atoms with Crippen LogP contribution in [0.4, 0.5) is 0 Å². The van der Waals surface area contributed by atoms with Gasteiger partial charge in [-0.1, -0.05) is 133 Å². The normalized spacial score (nSPS) is 22.8. The fourth-order valence-corrected chi connectivity index (χ4v) is 11.5. The fourth-order valence-electron chi connectivity index (χ4n) is 10.1. The average Bonchev–Trinajstić information content (AvgIpc) is 3.33. The van der Waals surface area contributed by atoms with E-state index in [-0.39, 0.29) is 42.1 Å². The number of thioether (sulfide) groups is 1. The van der Waals surface area contributed by atoms with Gasteiger partial charge in [-0.2, -0.15) is 0 Å². The van der Waals surface area contributed by atoms with Crippen molar-refractivity contribution in [3.8, 4) is 28.4 Å². The van der Waals surface area contributed by atoms with E-state index in [9.17, 15) is 10.2 Å². The highest BCUT2D eigenvalue weighted by atomic mass is 32.2. The van der Waals surface area contributed by atoms with Crippen molar-refractivity contribution < 1.29 is 29.3 Å². The van der Waals surface area contributed by atoms with Gasteiger partial charge in [0.05, 0.1) is 23.5 Å². The Hall–Kier alpha value is -5.64. The molecule has 3 aliphatic rings. The highest BCUT2D eigenvalue weighted by Gasteiger charge is 2.64. The van der Waals surface area contributed by atoms with Gasteiger partial charge in [-0.15, -0.1) is 18.3 Å². The quantitative estimate of drug-likeness (QED) is 0.0476. The first-order valence-electron chi connectivity index (χ1n) is 22.8. The average molecular weight is 872 g/mol. The fraction of sp³-hybridized carbons (Fsp3) is 0.304. The van der Waals surface area contributed by atoms with Crippen LogP contribution in [0.2, 0.25) is 0 Å². The van der Waals surface area contributed by atoms with E-state index in [1.807, 2.05) is 48.5 Å². The van der Waals surface area contributed by atoms with Crippen LogP contribution >= 0.6 is 11.8 Å². The number of benzene rings is 6. The minimum Gasteiger partial charge on any atom is -0.460 e. The number of hydrogen-bond donors (Lipinski definition) is 2. The van der Waals surface area contributed by atoms with Gasteiger partial charge in [0.25, 0.3) is 0 Å². The van der Waals surface area contributed by atoms with E-state index in [0.717, 1.165) is 94.2 Å². The Bertz CT molecular complexity index is 2560. The van der Waals surface area contributed by atoms with E-state index in [2.05, 4.69) is 116 Å². The zero-order chi connectivity index (χ0) is 43.7. The molecule has 2 N–H and O–H groups in total. The van der Waals surface area contributed by atoms with Crippen LogP contribution in [-0.2, 0) is 16.2 Å². The lowest BCUT2D eigenvalue weighted by Gasteiger charge is -2.58. The van der Waals surface area contributed by atoms with Crippen LogP contribution in [0.5, 0.6) is 17.2 Å². The van der Waals surface area contributed by atoms with Crippen LogP contribution in [0.3, 0.4) is 0 Å². The van der Waals surface area contributed by atoms with Crippen molar-refractivity contribution in [1.82, 2.24) is 0 Å². The molecule has 0 radical (unpaired) electrons. The molecule has 6 unspecified atom stereocenters. The molecular weight excluding hydrogens is 815 g/mol. The summed E-state index contributed by atoms with van der Waals surface area (Å²) in [5, 5.41) is 27.2. The van der Waals surface area contributed by atoms with E-state index in [1.54, 1.807) is 11.8 Å². The third-order valence-electron chi connectivity index (χ3n) is 13.1. The number of aliphatic hydroxyl groups is 2. The Morgan fingerprint density at radius 1 is 0.734 bits per heavy atom. The summed E-state index contributed by atoms with van der Waals surface area (Å²) in [5.74, 6) is 1.18. The van der Waals surface area contributed by atoms with Crippen LogP contribution in [0, 0.1) is 17.8 Å². The third kappa shape index (κ3) is 9.43. The molecule has 1 saturated carbocycles. The van der Waals surface area contributed by atoms with Crippen LogP contribution in [-0.4, -0.2) is 46.8 Å². The highest BCUT2D eigenvalue weighted by molar-refractivity contribution is 8.00. The Kier molecular flexibility index (Phi) is 13.9. The number of unbranched alkanes of at least 4 members (excludes halogenated alkanes) is 2. The van der Waals surface area contributed by atoms with E-state index < -0.39 is 5.79 Å². The molecule has 0 bridgehead atoms. The van der Waals surface area contributed by atoms with E-state index in [1.165, 1.54) is 10.8 Å². The van der Waals surface area contributed by atoms with Crippen molar-refractivity contribution in [2.45, 2.75) is 73.4 Å². The van der Waals surface area contributed by atoms with Crippen molar-refractivity contribution in [3.05, 3.63) is 181 Å². The summed E-state index contributed by atoms with van der Waals surface area (Å²) in [6.07, 6.45) is 9.83. The van der Waals surface area contributed by atoms with Gasteiger partial charge in [0.15, 0.2) is 0 Å². The standard InChI is InChI=1S/C56H57NO6S/c1-2-33-60-56-53(64-47-29-25-41-19-9-10-20-43(41)34-47)37-51(57-61-38-39-15-5-3-6-16-39)49-35-44(21-11-13-31-58)48(22-12-14-32-59)54(55(49)56)50-36-46(28-30-52(50)63-56)62-45-26-23-42(24-27-45)40-17-7-4-8-18-40/h2-10,15-20,23-30,34-36,44,48,53-55,58-59H,1,11-14,21-22,31-33,37-38H2. The Morgan fingerprint density at radius 2 is 1.44 bits per heavy atom. The van der Waals surface area contributed by atoms with Gasteiger partial charge in [0.1, 0.15) is 23.9 Å². The maximum atomic E-state index is 10.1. The maximum Gasteiger partial charge on any atom is 0.231 e. The van der Waals surface area contributed by atoms with Crippen molar-refractivity contribution in [2.24, 2.45) is 22.9 Å². The summed E-state index contributed by atoms with van der Waals surface area (Å²) in [7, 11) is 0. The molecule has 6 atom stereocenters. The molecule has 8 heteroatoms. The SMILES string of the molecule is C=CCOC12Oc3ccc(Oc4ccc(-c5ccccc5)cc4)cc3C3C(CCCCO)C(CCCCO)C=C(C(=NOCc4ccccc4)CC1Sc1ccc4ccccc4c1)C32. The molecule has 6 aromatic rings. The molecule has 1 aliphatic heterocycles. The number of rotatable bonds is 19. The number of nitrogens with zero attached hydrogens (tertiary/aromatic N) is 1. The van der Waals surface area contributed by atoms with Gasteiger partial charge in [-0.05, 0) is 113 Å². The molecule has 7 nitrogen and oxygen atoms in total. The molecule has 1 heterocycles. The molecule has 2 aliphatic carbocycles. The Balaban J connectivity index is 1.18. The number of fused-ring (bicyclic) bond motifs is 3. The molecule has 328 valence electrons. The third-order valence-corrected chi connectivity index (χ3v) is 14.4. The zero-order valence-corrected chi connectivity index (χ0v) is 37.1. The van der Waals surface area contributed by atoms with Crippen molar-refractivity contribution in [1.29, 1.82) is 0 Å². The molecular formula is C56H57NO6S. The molecule has 0 aromatic heterocycles. The predicted molar refractivity (Wildman–Crippen MR) is 258 cm³/mol. The number of oxime groups is 1. The molecule has 0 spiro atoms. The lowest BCUT2D eigenvalue weighted by atomic mass is 9.56. The van der Waals surface area contributed by atoms with Crippen molar-refractivity contribution in [2.75, 3.05) is 19.8 Å². The van der Waals surface area contributed by atoms with Crippen LogP contribution < -0.4 is 9.47 Å². The lowest BCUT2D eigenvalue weighted by molar-refractivity contribution is -0.223. The Morgan fingerprint density at radius 3 is 2.20 bits per heavy atom.